The predicted molar refractivity (Wildman–Crippen MR) is 98.2 cm³/mol. The number of benzene rings is 1. The number of hydrogen-bond acceptors (Lipinski definition) is 4. The molecule has 0 aliphatic rings. The lowest BCUT2D eigenvalue weighted by Gasteiger charge is -2.15. The van der Waals surface area contributed by atoms with E-state index in [4.69, 9.17) is 9.47 Å². The second-order valence-corrected chi connectivity index (χ2v) is 5.83. The molecule has 0 saturated heterocycles. The van der Waals surface area contributed by atoms with Gasteiger partial charge in [-0.1, -0.05) is 12.1 Å². The van der Waals surface area contributed by atoms with E-state index in [2.05, 4.69) is 20.4 Å². The fraction of sp³-hybridized carbons (Fsp3) is 0.611. The Labute approximate surface area is 158 Å². The molecule has 0 atom stereocenters. The van der Waals surface area contributed by atoms with Crippen LogP contribution in [0.5, 0.6) is 5.75 Å². The van der Waals surface area contributed by atoms with Gasteiger partial charge in [0.2, 0.25) is 0 Å². The van der Waals surface area contributed by atoms with Crippen LogP contribution in [0.1, 0.15) is 17.5 Å². The Bertz CT molecular complexity index is 581. The van der Waals surface area contributed by atoms with E-state index < -0.39 is 12.8 Å². The number of guanidine groups is 1. The molecular formula is C18H28F3N3O3. The average molecular weight is 391 g/mol. The Hall–Kier alpha value is -2.00. The molecule has 6 nitrogen and oxygen atoms in total. The van der Waals surface area contributed by atoms with Crippen LogP contribution in [-0.2, 0) is 16.0 Å². The molecule has 0 spiro atoms. The zero-order valence-electron chi connectivity index (χ0n) is 16.0. The highest BCUT2D eigenvalue weighted by Crippen LogP contribution is 2.20. The summed E-state index contributed by atoms with van der Waals surface area (Å²) in [4.78, 5) is 4.10. The number of aliphatic imine (C=N–C) groups is 1. The first-order valence-corrected chi connectivity index (χ1v) is 8.66. The van der Waals surface area contributed by atoms with Crippen molar-refractivity contribution in [2.45, 2.75) is 26.1 Å². The minimum Gasteiger partial charge on any atom is -0.491 e. The van der Waals surface area contributed by atoms with Crippen LogP contribution in [0.4, 0.5) is 13.2 Å². The van der Waals surface area contributed by atoms with Crippen molar-refractivity contribution in [2.24, 2.45) is 4.99 Å². The lowest BCUT2D eigenvalue weighted by atomic mass is 10.1. The first-order chi connectivity index (χ1) is 12.9. The summed E-state index contributed by atoms with van der Waals surface area (Å²) in [5.74, 6) is 1.32. The number of nitrogens with zero attached hydrogens (tertiary/aromatic N) is 1. The number of halogens is 3. The Morgan fingerprint density at radius 3 is 2.59 bits per heavy atom. The molecule has 2 N–H and O–H groups in total. The van der Waals surface area contributed by atoms with Crippen LogP contribution in [0.25, 0.3) is 0 Å². The zero-order valence-corrected chi connectivity index (χ0v) is 16.0. The number of nitrogens with one attached hydrogen (secondary N) is 2. The third-order valence-electron chi connectivity index (χ3n) is 3.46. The first kappa shape index (κ1) is 23.0. The van der Waals surface area contributed by atoms with Crippen molar-refractivity contribution in [3.63, 3.8) is 0 Å². The van der Waals surface area contributed by atoms with Crippen molar-refractivity contribution in [2.75, 3.05) is 47.1 Å². The van der Waals surface area contributed by atoms with Gasteiger partial charge in [-0.25, -0.2) is 0 Å². The third-order valence-corrected chi connectivity index (χ3v) is 3.46. The molecule has 9 heteroatoms. The second-order valence-electron chi connectivity index (χ2n) is 5.83. The first-order valence-electron chi connectivity index (χ1n) is 8.66. The van der Waals surface area contributed by atoms with Gasteiger partial charge in [-0.15, -0.1) is 0 Å². The number of methoxy groups -OCH3 is 1. The molecule has 0 unspecified atom stereocenters. The molecule has 0 aliphatic heterocycles. The van der Waals surface area contributed by atoms with Crippen LogP contribution < -0.4 is 15.4 Å². The molecule has 1 aromatic rings. The van der Waals surface area contributed by atoms with Crippen LogP contribution in [-0.4, -0.2) is 59.3 Å². The SMILES string of the molecule is CN=C(NCCCOCC(F)(F)F)NCc1ccc(C)cc1OCCOC. The normalized spacial score (nSPS) is 12.1. The number of ether oxygens (including phenoxy) is 3. The third kappa shape index (κ3) is 10.7. The quantitative estimate of drug-likeness (QED) is 0.345. The maximum absolute atomic E-state index is 12.0. The van der Waals surface area contributed by atoms with Crippen LogP contribution >= 0.6 is 0 Å². The smallest absolute Gasteiger partial charge is 0.411 e. The van der Waals surface area contributed by atoms with Crippen molar-refractivity contribution in [3.8, 4) is 5.75 Å². The Kier molecular flexibility index (Phi) is 10.6. The molecule has 0 aliphatic carbocycles. The topological polar surface area (TPSA) is 64.1 Å². The Balaban J connectivity index is 2.39. The van der Waals surface area contributed by atoms with Gasteiger partial charge in [0.25, 0.3) is 0 Å². The van der Waals surface area contributed by atoms with E-state index in [0.717, 1.165) is 16.9 Å². The van der Waals surface area contributed by atoms with Gasteiger partial charge in [-0.2, -0.15) is 13.2 Å². The summed E-state index contributed by atoms with van der Waals surface area (Å²) >= 11 is 0. The van der Waals surface area contributed by atoms with Crippen molar-refractivity contribution in [1.29, 1.82) is 0 Å². The highest BCUT2D eigenvalue weighted by Gasteiger charge is 2.27. The zero-order chi connectivity index (χ0) is 20.1. The van der Waals surface area contributed by atoms with E-state index >= 15 is 0 Å². The summed E-state index contributed by atoms with van der Waals surface area (Å²) in [5, 5.41) is 6.20. The van der Waals surface area contributed by atoms with Crippen molar-refractivity contribution >= 4 is 5.96 Å². The van der Waals surface area contributed by atoms with E-state index in [-0.39, 0.29) is 6.61 Å². The summed E-state index contributed by atoms with van der Waals surface area (Å²) in [6, 6.07) is 5.93. The highest BCUT2D eigenvalue weighted by molar-refractivity contribution is 5.79. The summed E-state index contributed by atoms with van der Waals surface area (Å²) in [7, 11) is 3.24. The van der Waals surface area contributed by atoms with Gasteiger partial charge in [-0.05, 0) is 25.0 Å². The van der Waals surface area contributed by atoms with Crippen LogP contribution in [0.2, 0.25) is 0 Å². The molecule has 0 bridgehead atoms. The number of hydrogen-bond donors (Lipinski definition) is 2. The fourth-order valence-electron chi connectivity index (χ4n) is 2.15. The molecule has 1 rings (SSSR count). The van der Waals surface area contributed by atoms with Gasteiger partial charge in [0.05, 0.1) is 6.61 Å². The van der Waals surface area contributed by atoms with Crippen molar-refractivity contribution < 1.29 is 27.4 Å². The monoisotopic (exact) mass is 391 g/mol. The van der Waals surface area contributed by atoms with Gasteiger partial charge in [0, 0.05) is 39.4 Å². The lowest BCUT2D eigenvalue weighted by molar-refractivity contribution is -0.173. The molecule has 0 fully saturated rings. The maximum Gasteiger partial charge on any atom is 0.411 e. The van der Waals surface area contributed by atoms with E-state index in [0.29, 0.717) is 38.7 Å². The summed E-state index contributed by atoms with van der Waals surface area (Å²) < 4.78 is 51.2. The predicted octanol–water partition coefficient (Wildman–Crippen LogP) is 2.65. The summed E-state index contributed by atoms with van der Waals surface area (Å²) in [6.45, 7) is 2.69. The molecule has 0 amide bonds. The maximum atomic E-state index is 12.0. The molecular weight excluding hydrogens is 363 g/mol. The molecule has 0 heterocycles. The molecule has 0 saturated carbocycles. The lowest BCUT2D eigenvalue weighted by Crippen LogP contribution is -2.37. The summed E-state index contributed by atoms with van der Waals surface area (Å²) in [5.41, 5.74) is 2.06. The molecule has 27 heavy (non-hydrogen) atoms. The highest BCUT2D eigenvalue weighted by atomic mass is 19.4. The largest absolute Gasteiger partial charge is 0.491 e. The van der Waals surface area contributed by atoms with E-state index in [1.165, 1.54) is 0 Å². The number of aryl methyl sites for hydroxylation is 1. The van der Waals surface area contributed by atoms with E-state index in [1.807, 2.05) is 25.1 Å². The Morgan fingerprint density at radius 2 is 1.93 bits per heavy atom. The van der Waals surface area contributed by atoms with Crippen LogP contribution in [0.15, 0.2) is 23.2 Å². The van der Waals surface area contributed by atoms with Gasteiger partial charge in [0.15, 0.2) is 5.96 Å². The molecule has 1 aromatic carbocycles. The van der Waals surface area contributed by atoms with Crippen molar-refractivity contribution in [1.82, 2.24) is 10.6 Å². The number of alkyl halides is 3. The molecule has 154 valence electrons. The van der Waals surface area contributed by atoms with Crippen molar-refractivity contribution in [3.05, 3.63) is 29.3 Å². The Morgan fingerprint density at radius 1 is 1.15 bits per heavy atom. The van der Waals surface area contributed by atoms with Gasteiger partial charge in [-0.3, -0.25) is 4.99 Å². The minimum absolute atomic E-state index is 0.0267. The van der Waals surface area contributed by atoms with E-state index in [9.17, 15) is 13.2 Å². The van der Waals surface area contributed by atoms with E-state index in [1.54, 1.807) is 14.2 Å². The standard InChI is InChI=1S/C18H28F3N3O3/c1-14-5-6-15(16(11-14)27-10-9-25-3)12-24-17(22-2)23-7-4-8-26-13-18(19,20)21/h5-6,11H,4,7-10,12-13H2,1-3H3,(H2,22,23,24). The molecule has 0 radical (unpaired) electrons. The minimum atomic E-state index is -4.29. The summed E-state index contributed by atoms with van der Waals surface area (Å²) in [6.07, 6.45) is -3.85. The fourth-order valence-corrected chi connectivity index (χ4v) is 2.15. The second kappa shape index (κ2) is 12.4. The number of rotatable bonds is 11. The van der Waals surface area contributed by atoms with Gasteiger partial charge >= 0.3 is 6.18 Å². The van der Waals surface area contributed by atoms with Gasteiger partial charge in [0.1, 0.15) is 19.0 Å². The molecule has 0 aromatic heterocycles. The van der Waals surface area contributed by atoms with Gasteiger partial charge < -0.3 is 24.8 Å². The van der Waals surface area contributed by atoms with Crippen LogP contribution in [0.3, 0.4) is 0 Å². The van der Waals surface area contributed by atoms with Crippen LogP contribution in [0, 0.1) is 6.92 Å². The average Bonchev–Trinajstić information content (AvgIpc) is 2.61.